The third kappa shape index (κ3) is 9.28. The minimum absolute atomic E-state index is 0.0872. The second-order valence-electron chi connectivity index (χ2n) is 9.78. The zero-order chi connectivity index (χ0) is 32.3. The van der Waals surface area contributed by atoms with Crippen molar-refractivity contribution in [2.24, 2.45) is 0 Å². The van der Waals surface area contributed by atoms with Crippen LogP contribution in [-0.4, -0.2) is 67.2 Å². The van der Waals surface area contributed by atoms with E-state index in [0.29, 0.717) is 25.1 Å². The number of non-ortho nitro benzene ring substituents is 1. The van der Waals surface area contributed by atoms with E-state index in [-0.39, 0.29) is 43.2 Å². The van der Waals surface area contributed by atoms with Crippen LogP contribution >= 0.6 is 0 Å². The number of hydrogen-bond donors (Lipinski definition) is 3. The molecule has 0 fully saturated rings. The summed E-state index contributed by atoms with van der Waals surface area (Å²) in [5.74, 6) is -3.33. The van der Waals surface area contributed by atoms with Crippen LogP contribution in [0.2, 0.25) is 0 Å². The molecular formula is C30H34F3N3O8. The van der Waals surface area contributed by atoms with Crippen LogP contribution < -0.4 is 15.4 Å². The van der Waals surface area contributed by atoms with Crippen LogP contribution in [0.25, 0.3) is 0 Å². The fraction of sp³-hybridized carbons (Fsp3) is 0.400. The zero-order valence-electron chi connectivity index (χ0n) is 24.2. The van der Waals surface area contributed by atoms with Crippen molar-refractivity contribution in [1.82, 2.24) is 10.6 Å². The number of carbonyl (C=O) groups is 2. The molecule has 3 N–H and O–H groups in total. The lowest BCUT2D eigenvalue weighted by Gasteiger charge is -2.32. The number of aliphatic hydroxyl groups is 1. The highest BCUT2D eigenvalue weighted by molar-refractivity contribution is 6.00. The van der Waals surface area contributed by atoms with Gasteiger partial charge in [0.1, 0.15) is 24.2 Å². The third-order valence-corrected chi connectivity index (χ3v) is 6.52. The summed E-state index contributed by atoms with van der Waals surface area (Å²) < 4.78 is 58.1. The van der Waals surface area contributed by atoms with E-state index >= 15 is 0 Å². The number of carbonyl (C=O) groups excluding carboxylic acids is 2. The SMILES string of the molecule is CCOC(=O)C1=C(C(F)(F)F)NC(C)=C(C(=O)OCCCCNCC(O)COc2ccccc2)C1c1cccc([N+](=O)[O-])c1. The number of nitrogens with zero attached hydrogens (tertiary/aromatic N) is 1. The third-order valence-electron chi connectivity index (χ3n) is 6.52. The van der Waals surface area contributed by atoms with E-state index < -0.39 is 52.0 Å². The van der Waals surface area contributed by atoms with Gasteiger partial charge in [0.15, 0.2) is 0 Å². The number of benzene rings is 2. The highest BCUT2D eigenvalue weighted by Crippen LogP contribution is 2.44. The van der Waals surface area contributed by atoms with Crippen molar-refractivity contribution in [2.45, 2.75) is 44.9 Å². The fourth-order valence-electron chi connectivity index (χ4n) is 4.53. The molecule has 0 bridgehead atoms. The van der Waals surface area contributed by atoms with Gasteiger partial charge in [0, 0.05) is 24.4 Å². The van der Waals surface area contributed by atoms with Gasteiger partial charge in [-0.1, -0.05) is 30.3 Å². The maximum atomic E-state index is 14.1. The van der Waals surface area contributed by atoms with Crippen molar-refractivity contribution in [1.29, 1.82) is 0 Å². The van der Waals surface area contributed by atoms with Gasteiger partial charge >= 0.3 is 18.1 Å². The number of allylic oxidation sites excluding steroid dienone is 2. The van der Waals surface area contributed by atoms with Crippen LogP contribution in [0.3, 0.4) is 0 Å². The van der Waals surface area contributed by atoms with Crippen LogP contribution in [0.4, 0.5) is 18.9 Å². The largest absolute Gasteiger partial charge is 0.491 e. The maximum absolute atomic E-state index is 14.1. The van der Waals surface area contributed by atoms with Gasteiger partial charge in [-0.15, -0.1) is 0 Å². The number of ether oxygens (including phenoxy) is 3. The summed E-state index contributed by atoms with van der Waals surface area (Å²) in [5.41, 5.74) is -3.38. The first-order chi connectivity index (χ1) is 20.9. The summed E-state index contributed by atoms with van der Waals surface area (Å²) in [6.07, 6.45) is -4.87. The van der Waals surface area contributed by atoms with Gasteiger partial charge < -0.3 is 30.0 Å². The van der Waals surface area contributed by atoms with Crippen LogP contribution in [0.1, 0.15) is 38.2 Å². The van der Waals surface area contributed by atoms with Gasteiger partial charge in [-0.05, 0) is 50.9 Å². The first-order valence-corrected chi connectivity index (χ1v) is 13.9. The van der Waals surface area contributed by atoms with Crippen molar-refractivity contribution >= 4 is 17.6 Å². The molecule has 3 rings (SSSR count). The molecule has 0 amide bonds. The predicted molar refractivity (Wildman–Crippen MR) is 152 cm³/mol. The monoisotopic (exact) mass is 621 g/mol. The Morgan fingerprint density at radius 2 is 1.77 bits per heavy atom. The number of halogens is 3. The number of dihydropyridines is 1. The number of alkyl halides is 3. The minimum Gasteiger partial charge on any atom is -0.491 e. The molecule has 2 aromatic rings. The molecule has 0 saturated carbocycles. The van der Waals surface area contributed by atoms with Gasteiger partial charge in [-0.2, -0.15) is 13.2 Å². The molecular weight excluding hydrogens is 587 g/mol. The number of esters is 2. The quantitative estimate of drug-likeness (QED) is 0.114. The molecule has 11 nitrogen and oxygen atoms in total. The van der Waals surface area contributed by atoms with Crippen molar-refractivity contribution in [3.63, 3.8) is 0 Å². The van der Waals surface area contributed by atoms with Gasteiger partial charge in [-0.25, -0.2) is 9.59 Å². The van der Waals surface area contributed by atoms with Gasteiger partial charge in [0.2, 0.25) is 0 Å². The summed E-state index contributed by atoms with van der Waals surface area (Å²) in [6.45, 7) is 3.14. The minimum atomic E-state index is -5.04. The maximum Gasteiger partial charge on any atom is 0.431 e. The first-order valence-electron chi connectivity index (χ1n) is 13.9. The van der Waals surface area contributed by atoms with Crippen LogP contribution in [0.5, 0.6) is 5.75 Å². The highest BCUT2D eigenvalue weighted by atomic mass is 19.4. The number of nitrogens with one attached hydrogen (secondary N) is 2. The Morgan fingerprint density at radius 1 is 1.07 bits per heavy atom. The standard InChI is InChI=1S/C30H34F3N3O8/c1-3-42-29(39)26-25(20-10-9-11-21(16-20)36(40)41)24(19(2)35-27(26)30(31,32)33)28(38)43-15-8-7-14-34-17-22(37)18-44-23-12-5-4-6-13-23/h4-6,9-13,16,22,25,34-35,37H,3,7-8,14-15,17-18H2,1-2H3. The van der Waals surface area contributed by atoms with Gasteiger partial charge in [0.05, 0.1) is 35.2 Å². The lowest BCUT2D eigenvalue weighted by atomic mass is 9.80. The van der Waals surface area contributed by atoms with Crippen molar-refractivity contribution in [3.05, 3.63) is 92.8 Å². The molecule has 1 aliphatic heterocycles. The van der Waals surface area contributed by atoms with E-state index in [1.54, 1.807) is 12.1 Å². The Labute approximate surface area is 251 Å². The lowest BCUT2D eigenvalue weighted by molar-refractivity contribution is -0.384. The molecule has 44 heavy (non-hydrogen) atoms. The average Bonchev–Trinajstić information content (AvgIpc) is 2.99. The number of nitro groups is 1. The van der Waals surface area contributed by atoms with E-state index in [0.717, 1.165) is 12.1 Å². The number of unbranched alkanes of at least 4 members (excludes halogenated alkanes) is 1. The molecule has 0 aliphatic carbocycles. The Morgan fingerprint density at radius 3 is 2.43 bits per heavy atom. The fourth-order valence-corrected chi connectivity index (χ4v) is 4.53. The number of rotatable bonds is 15. The second kappa shape index (κ2) is 15.9. The Kier molecular flexibility index (Phi) is 12.3. The van der Waals surface area contributed by atoms with Crippen LogP contribution in [0.15, 0.2) is 77.1 Å². The van der Waals surface area contributed by atoms with E-state index in [1.807, 2.05) is 18.2 Å². The van der Waals surface area contributed by atoms with Crippen molar-refractivity contribution in [3.8, 4) is 5.75 Å². The molecule has 1 aliphatic rings. The predicted octanol–water partition coefficient (Wildman–Crippen LogP) is 4.29. The topological polar surface area (TPSA) is 149 Å². The molecule has 0 radical (unpaired) electrons. The average molecular weight is 622 g/mol. The number of nitro benzene ring substituents is 1. The first kappa shape index (κ1) is 34.1. The normalized spacial score (nSPS) is 15.8. The smallest absolute Gasteiger partial charge is 0.431 e. The van der Waals surface area contributed by atoms with Gasteiger partial charge in [0.25, 0.3) is 5.69 Å². The Balaban J connectivity index is 1.67. The highest BCUT2D eigenvalue weighted by Gasteiger charge is 2.47. The molecule has 14 heteroatoms. The zero-order valence-corrected chi connectivity index (χ0v) is 24.2. The number of hydrogen-bond acceptors (Lipinski definition) is 10. The molecule has 2 unspecified atom stereocenters. The molecule has 2 atom stereocenters. The molecule has 238 valence electrons. The van der Waals surface area contributed by atoms with E-state index in [9.17, 15) is 38.0 Å². The summed E-state index contributed by atoms with van der Waals surface area (Å²) in [7, 11) is 0. The second-order valence-corrected chi connectivity index (χ2v) is 9.78. The summed E-state index contributed by atoms with van der Waals surface area (Å²) in [4.78, 5) is 36.9. The Bertz CT molecular complexity index is 1380. The summed E-state index contributed by atoms with van der Waals surface area (Å²) >= 11 is 0. The molecule has 1 heterocycles. The molecule has 0 aromatic heterocycles. The van der Waals surface area contributed by atoms with E-state index in [1.165, 1.54) is 26.0 Å². The Hall–Kier alpha value is -4.43. The van der Waals surface area contributed by atoms with E-state index in [2.05, 4.69) is 10.6 Å². The van der Waals surface area contributed by atoms with Crippen LogP contribution in [-0.2, 0) is 19.1 Å². The molecule has 2 aromatic carbocycles. The summed E-state index contributed by atoms with van der Waals surface area (Å²) in [5, 5.41) is 26.7. The number of aliphatic hydroxyl groups excluding tert-OH is 1. The van der Waals surface area contributed by atoms with Gasteiger partial charge in [-0.3, -0.25) is 10.1 Å². The lowest BCUT2D eigenvalue weighted by Crippen LogP contribution is -2.38. The van der Waals surface area contributed by atoms with E-state index in [4.69, 9.17) is 14.2 Å². The van der Waals surface area contributed by atoms with Crippen molar-refractivity contribution < 1.29 is 47.0 Å². The van der Waals surface area contributed by atoms with Crippen molar-refractivity contribution in [2.75, 3.05) is 32.9 Å². The molecule has 0 spiro atoms. The summed E-state index contributed by atoms with van der Waals surface area (Å²) in [6, 6.07) is 13.7. The number of para-hydroxylation sites is 1. The van der Waals surface area contributed by atoms with Crippen LogP contribution in [0, 0.1) is 10.1 Å². The molecule has 0 saturated heterocycles.